The Hall–Kier alpha value is -0.863. The second-order valence-corrected chi connectivity index (χ2v) is 14.7. The Labute approximate surface area is 145 Å². The molecule has 0 aliphatic carbocycles. The lowest BCUT2D eigenvalue weighted by atomic mass is 10.2. The van der Waals surface area contributed by atoms with E-state index in [9.17, 15) is 0 Å². The molecule has 23 heavy (non-hydrogen) atoms. The highest BCUT2D eigenvalue weighted by atomic mass is 28.4. The molecule has 0 bridgehead atoms. The average molecular weight is 333 g/mol. The van der Waals surface area contributed by atoms with Gasteiger partial charge in [0.2, 0.25) is 8.32 Å². The van der Waals surface area contributed by atoms with Crippen molar-refractivity contribution in [2.24, 2.45) is 0 Å². The van der Waals surface area contributed by atoms with E-state index in [0.29, 0.717) is 12.1 Å². The van der Waals surface area contributed by atoms with Crippen molar-refractivity contribution in [3.8, 4) is 0 Å². The largest absolute Gasteiger partial charge is 0.411 e. The normalized spacial score (nSPS) is 14.5. The Bertz CT molecular complexity index is 499. The molecular formula is C21H36OSi. The first-order chi connectivity index (χ1) is 10.4. The lowest BCUT2D eigenvalue weighted by Crippen LogP contribution is -2.57. The number of allylic oxidation sites excluding steroid dienone is 2. The fraction of sp³-hybridized carbons (Fsp3) is 0.619. The summed E-state index contributed by atoms with van der Waals surface area (Å²) in [6.07, 6.45) is 2.42. The predicted octanol–water partition coefficient (Wildman–Crippen LogP) is 7.11. The molecule has 1 atom stereocenters. The van der Waals surface area contributed by atoms with E-state index in [1.54, 1.807) is 0 Å². The topological polar surface area (TPSA) is 9.23 Å². The minimum absolute atomic E-state index is 0.158. The van der Waals surface area contributed by atoms with Gasteiger partial charge < -0.3 is 4.43 Å². The summed E-state index contributed by atoms with van der Waals surface area (Å²) in [5.74, 6) is 0. The van der Waals surface area contributed by atoms with Crippen molar-refractivity contribution in [3.05, 3.63) is 47.5 Å². The standard InChI is InChI=1S/C21H36OSi/c1-17(2)15-18(3)23(20(4,5)6,21(7,8)9)22-16-19-13-11-10-12-14-19/h10-15,18H,16H2,1-9H3. The van der Waals surface area contributed by atoms with E-state index in [1.165, 1.54) is 11.1 Å². The number of rotatable bonds is 5. The summed E-state index contributed by atoms with van der Waals surface area (Å²) in [6.45, 7) is 21.7. The third-order valence-corrected chi connectivity index (χ3v) is 11.3. The molecule has 1 aromatic carbocycles. The first kappa shape index (κ1) is 20.2. The summed E-state index contributed by atoms with van der Waals surface area (Å²) in [6, 6.07) is 10.6. The summed E-state index contributed by atoms with van der Waals surface area (Å²) in [7, 11) is -2.12. The van der Waals surface area contributed by atoms with Crippen LogP contribution >= 0.6 is 0 Å². The molecular weight excluding hydrogens is 296 g/mol. The van der Waals surface area contributed by atoms with Gasteiger partial charge in [-0.2, -0.15) is 0 Å². The van der Waals surface area contributed by atoms with Gasteiger partial charge in [-0.15, -0.1) is 0 Å². The summed E-state index contributed by atoms with van der Waals surface area (Å²) in [4.78, 5) is 0. The zero-order valence-electron chi connectivity index (χ0n) is 16.7. The summed E-state index contributed by atoms with van der Waals surface area (Å²) < 4.78 is 6.90. The van der Waals surface area contributed by atoms with Gasteiger partial charge in [-0.1, -0.05) is 90.4 Å². The van der Waals surface area contributed by atoms with Gasteiger partial charge in [0.15, 0.2) is 0 Å². The Balaban J connectivity index is 3.31. The van der Waals surface area contributed by atoms with Crippen LogP contribution in [0.1, 0.15) is 67.9 Å². The quantitative estimate of drug-likeness (QED) is 0.412. The van der Waals surface area contributed by atoms with Crippen LogP contribution < -0.4 is 0 Å². The van der Waals surface area contributed by atoms with Crippen LogP contribution in [0.5, 0.6) is 0 Å². The van der Waals surface area contributed by atoms with Crippen molar-refractivity contribution in [1.29, 1.82) is 0 Å². The van der Waals surface area contributed by atoms with Crippen LogP contribution in [-0.4, -0.2) is 8.32 Å². The average Bonchev–Trinajstić information content (AvgIpc) is 2.36. The zero-order valence-corrected chi connectivity index (χ0v) is 17.7. The Kier molecular flexibility index (Phi) is 6.45. The van der Waals surface area contributed by atoms with Gasteiger partial charge in [-0.3, -0.25) is 0 Å². The highest BCUT2D eigenvalue weighted by molar-refractivity contribution is 6.81. The maximum Gasteiger partial charge on any atom is 0.210 e. The van der Waals surface area contributed by atoms with Gasteiger partial charge in [0.1, 0.15) is 0 Å². The smallest absolute Gasteiger partial charge is 0.210 e. The van der Waals surface area contributed by atoms with Crippen molar-refractivity contribution in [3.63, 3.8) is 0 Å². The molecule has 0 fully saturated rings. The van der Waals surface area contributed by atoms with Crippen molar-refractivity contribution in [2.75, 3.05) is 0 Å². The van der Waals surface area contributed by atoms with Gasteiger partial charge in [-0.25, -0.2) is 0 Å². The van der Waals surface area contributed by atoms with E-state index < -0.39 is 8.32 Å². The van der Waals surface area contributed by atoms with Crippen LogP contribution in [0.3, 0.4) is 0 Å². The molecule has 130 valence electrons. The Morgan fingerprint density at radius 2 is 1.48 bits per heavy atom. The van der Waals surface area contributed by atoms with E-state index in [0.717, 1.165) is 0 Å². The molecule has 0 aliphatic heterocycles. The van der Waals surface area contributed by atoms with Crippen molar-refractivity contribution >= 4 is 8.32 Å². The van der Waals surface area contributed by atoms with E-state index in [4.69, 9.17) is 4.43 Å². The second-order valence-electron chi connectivity index (χ2n) is 9.04. The highest BCUT2D eigenvalue weighted by Gasteiger charge is 2.57. The van der Waals surface area contributed by atoms with Crippen LogP contribution in [0, 0.1) is 0 Å². The van der Waals surface area contributed by atoms with Crippen molar-refractivity contribution < 1.29 is 4.43 Å². The maximum absolute atomic E-state index is 6.90. The van der Waals surface area contributed by atoms with Crippen molar-refractivity contribution in [1.82, 2.24) is 0 Å². The van der Waals surface area contributed by atoms with Crippen LogP contribution in [0.4, 0.5) is 0 Å². The summed E-state index contributed by atoms with van der Waals surface area (Å²) in [5.41, 5.74) is 3.12. The Morgan fingerprint density at radius 1 is 1.00 bits per heavy atom. The van der Waals surface area contributed by atoms with E-state index >= 15 is 0 Å². The molecule has 0 saturated heterocycles. The minimum Gasteiger partial charge on any atom is -0.411 e. The third-order valence-electron chi connectivity index (χ3n) is 4.76. The number of hydrogen-bond acceptors (Lipinski definition) is 1. The van der Waals surface area contributed by atoms with Crippen LogP contribution in [0.2, 0.25) is 15.6 Å². The van der Waals surface area contributed by atoms with Crippen LogP contribution in [0.25, 0.3) is 0 Å². The molecule has 0 amide bonds. The second kappa shape index (κ2) is 7.35. The number of benzene rings is 1. The highest BCUT2D eigenvalue weighted by Crippen LogP contribution is 2.58. The van der Waals surface area contributed by atoms with Gasteiger partial charge in [0.05, 0.1) is 6.61 Å². The lowest BCUT2D eigenvalue weighted by Gasteiger charge is -2.53. The molecule has 0 radical (unpaired) electrons. The first-order valence-corrected chi connectivity index (χ1v) is 10.7. The zero-order chi connectivity index (χ0) is 17.9. The molecule has 1 aromatic rings. The molecule has 1 rings (SSSR count). The Morgan fingerprint density at radius 3 is 1.87 bits per heavy atom. The van der Waals surface area contributed by atoms with Gasteiger partial charge >= 0.3 is 0 Å². The molecule has 0 heterocycles. The third kappa shape index (κ3) is 4.57. The lowest BCUT2D eigenvalue weighted by molar-refractivity contribution is 0.240. The number of hydrogen-bond donors (Lipinski definition) is 0. The molecule has 2 heteroatoms. The molecule has 1 unspecified atom stereocenters. The van der Waals surface area contributed by atoms with Crippen LogP contribution in [0.15, 0.2) is 42.0 Å². The first-order valence-electron chi connectivity index (χ1n) is 8.75. The molecule has 0 spiro atoms. The van der Waals surface area contributed by atoms with Gasteiger partial charge in [0, 0.05) is 0 Å². The van der Waals surface area contributed by atoms with E-state index in [1.807, 2.05) is 0 Å². The summed E-state index contributed by atoms with van der Waals surface area (Å²) >= 11 is 0. The molecule has 0 saturated carbocycles. The van der Waals surface area contributed by atoms with Gasteiger partial charge in [0.25, 0.3) is 0 Å². The molecule has 0 aromatic heterocycles. The summed E-state index contributed by atoms with van der Waals surface area (Å²) in [5, 5.41) is 0.316. The predicted molar refractivity (Wildman–Crippen MR) is 105 cm³/mol. The van der Waals surface area contributed by atoms with E-state index in [-0.39, 0.29) is 10.1 Å². The van der Waals surface area contributed by atoms with Crippen molar-refractivity contribution in [2.45, 2.75) is 84.5 Å². The fourth-order valence-corrected chi connectivity index (χ4v) is 11.5. The van der Waals surface area contributed by atoms with Crippen LogP contribution in [-0.2, 0) is 11.0 Å². The SMILES string of the molecule is CC(C)=CC(C)[Si](OCc1ccccc1)(C(C)(C)C)C(C)(C)C. The van der Waals surface area contributed by atoms with Gasteiger partial charge in [-0.05, 0) is 35.0 Å². The molecule has 1 nitrogen and oxygen atoms in total. The molecule has 0 N–H and O–H groups in total. The molecule has 0 aliphatic rings. The van der Waals surface area contributed by atoms with E-state index in [2.05, 4.69) is 98.7 Å². The monoisotopic (exact) mass is 332 g/mol. The minimum atomic E-state index is -2.12. The fourth-order valence-electron chi connectivity index (χ4n) is 4.44. The maximum atomic E-state index is 6.90.